The molecule has 1 atom stereocenters. The Kier molecular flexibility index (Phi) is 4.08. The van der Waals surface area contributed by atoms with Gasteiger partial charge in [0, 0.05) is 30.3 Å². The molecule has 6 heteroatoms. The number of aryl methyl sites for hydroxylation is 1. The highest BCUT2D eigenvalue weighted by molar-refractivity contribution is 7.09. The van der Waals surface area contributed by atoms with E-state index in [0.717, 1.165) is 36.0 Å². The van der Waals surface area contributed by atoms with Crippen molar-refractivity contribution in [2.75, 3.05) is 5.32 Å². The van der Waals surface area contributed by atoms with Crippen molar-refractivity contribution in [2.24, 2.45) is 0 Å². The molecule has 2 rings (SSSR count). The van der Waals surface area contributed by atoms with E-state index in [1.807, 2.05) is 6.20 Å². The van der Waals surface area contributed by atoms with Crippen LogP contribution in [0, 0.1) is 0 Å². The minimum atomic E-state index is 0.174. The van der Waals surface area contributed by atoms with Gasteiger partial charge in [-0.15, -0.1) is 0 Å². The fourth-order valence-corrected chi connectivity index (χ4v) is 2.28. The summed E-state index contributed by atoms with van der Waals surface area (Å²) in [6.07, 6.45) is 6.57. The Morgan fingerprint density at radius 2 is 2.35 bits per heavy atom. The van der Waals surface area contributed by atoms with E-state index in [0.29, 0.717) is 0 Å². The van der Waals surface area contributed by atoms with Crippen LogP contribution in [0.3, 0.4) is 0 Å². The number of aromatic nitrogens is 4. The van der Waals surface area contributed by atoms with Crippen LogP contribution in [0.4, 0.5) is 5.13 Å². The van der Waals surface area contributed by atoms with E-state index in [1.165, 1.54) is 11.5 Å². The summed E-state index contributed by atoms with van der Waals surface area (Å²) in [6.45, 7) is 4.25. The molecule has 2 aromatic rings. The lowest BCUT2D eigenvalue weighted by atomic mass is 10.2. The molecule has 0 fully saturated rings. The zero-order valence-corrected chi connectivity index (χ0v) is 10.9. The Balaban J connectivity index is 2.02. The maximum absolute atomic E-state index is 4.45. The highest BCUT2D eigenvalue weighted by atomic mass is 32.1. The Morgan fingerprint density at radius 1 is 1.47 bits per heavy atom. The highest BCUT2D eigenvalue weighted by Crippen LogP contribution is 2.21. The van der Waals surface area contributed by atoms with Crippen LogP contribution >= 0.6 is 11.5 Å². The van der Waals surface area contributed by atoms with Gasteiger partial charge in [-0.2, -0.15) is 4.37 Å². The van der Waals surface area contributed by atoms with E-state index in [1.54, 1.807) is 6.20 Å². The van der Waals surface area contributed by atoms with E-state index in [9.17, 15) is 0 Å². The van der Waals surface area contributed by atoms with E-state index in [4.69, 9.17) is 0 Å². The number of hydrogen-bond acceptors (Lipinski definition) is 5. The van der Waals surface area contributed by atoms with E-state index < -0.39 is 0 Å². The predicted molar refractivity (Wildman–Crippen MR) is 69.1 cm³/mol. The van der Waals surface area contributed by atoms with Crippen LogP contribution in [0.1, 0.15) is 44.4 Å². The molecule has 0 aromatic carbocycles. The smallest absolute Gasteiger partial charge is 0.203 e. The molecular weight excluding hydrogens is 234 g/mol. The second-order valence-electron chi connectivity index (χ2n) is 3.85. The SMILES string of the molecule is CCCc1nsc(NC(CC)c2ncc[nH]2)n1. The maximum atomic E-state index is 4.45. The zero-order valence-electron chi connectivity index (χ0n) is 10.1. The molecule has 0 aliphatic rings. The molecule has 1 unspecified atom stereocenters. The minimum absolute atomic E-state index is 0.174. The number of hydrogen-bond donors (Lipinski definition) is 2. The van der Waals surface area contributed by atoms with Crippen LogP contribution in [-0.4, -0.2) is 19.3 Å². The number of imidazole rings is 1. The van der Waals surface area contributed by atoms with Crippen LogP contribution in [0.5, 0.6) is 0 Å². The molecule has 0 bridgehead atoms. The normalized spacial score (nSPS) is 12.6. The van der Waals surface area contributed by atoms with Gasteiger partial charge >= 0.3 is 0 Å². The summed E-state index contributed by atoms with van der Waals surface area (Å²) < 4.78 is 4.31. The average molecular weight is 251 g/mol. The van der Waals surface area contributed by atoms with Crippen molar-refractivity contribution in [1.29, 1.82) is 0 Å². The van der Waals surface area contributed by atoms with Gasteiger partial charge in [0.05, 0.1) is 6.04 Å². The lowest BCUT2D eigenvalue weighted by Crippen LogP contribution is -2.11. The van der Waals surface area contributed by atoms with E-state index in [-0.39, 0.29) is 6.04 Å². The third kappa shape index (κ3) is 3.03. The van der Waals surface area contributed by atoms with Crippen LogP contribution < -0.4 is 5.32 Å². The summed E-state index contributed by atoms with van der Waals surface area (Å²) in [5.41, 5.74) is 0. The Bertz CT molecular complexity index is 436. The molecule has 0 aliphatic heterocycles. The molecule has 0 amide bonds. The molecule has 17 heavy (non-hydrogen) atoms. The molecule has 5 nitrogen and oxygen atoms in total. The molecule has 92 valence electrons. The minimum Gasteiger partial charge on any atom is -0.350 e. The monoisotopic (exact) mass is 251 g/mol. The van der Waals surface area contributed by atoms with Gasteiger partial charge in [-0.3, -0.25) is 0 Å². The van der Waals surface area contributed by atoms with E-state index >= 15 is 0 Å². The highest BCUT2D eigenvalue weighted by Gasteiger charge is 2.13. The molecule has 0 saturated carbocycles. The van der Waals surface area contributed by atoms with Crippen molar-refractivity contribution in [3.05, 3.63) is 24.0 Å². The first-order valence-corrected chi connectivity index (χ1v) is 6.69. The van der Waals surface area contributed by atoms with Gasteiger partial charge in [-0.25, -0.2) is 9.97 Å². The third-order valence-electron chi connectivity index (χ3n) is 2.50. The maximum Gasteiger partial charge on any atom is 0.203 e. The number of anilines is 1. The van der Waals surface area contributed by atoms with Gasteiger partial charge in [0.2, 0.25) is 5.13 Å². The van der Waals surface area contributed by atoms with Crippen molar-refractivity contribution >= 4 is 16.7 Å². The quantitative estimate of drug-likeness (QED) is 0.828. The van der Waals surface area contributed by atoms with Gasteiger partial charge < -0.3 is 10.3 Å². The topological polar surface area (TPSA) is 66.5 Å². The molecule has 2 N–H and O–H groups in total. The molecule has 2 aromatic heterocycles. The standard InChI is InChI=1S/C11H17N5S/c1-3-5-9-15-11(17-16-9)14-8(4-2)10-12-6-7-13-10/h6-8H,3-5H2,1-2H3,(H,12,13)(H,14,15,16). The number of aromatic amines is 1. The first-order valence-electron chi connectivity index (χ1n) is 5.91. The summed E-state index contributed by atoms with van der Waals surface area (Å²) in [7, 11) is 0. The summed E-state index contributed by atoms with van der Waals surface area (Å²) in [5, 5.41) is 4.23. The molecule has 2 heterocycles. The van der Waals surface area contributed by atoms with Crippen LogP contribution in [0.2, 0.25) is 0 Å². The van der Waals surface area contributed by atoms with Crippen molar-refractivity contribution < 1.29 is 0 Å². The Labute approximate surface area is 105 Å². The summed E-state index contributed by atoms with van der Waals surface area (Å²) >= 11 is 1.42. The van der Waals surface area contributed by atoms with Gasteiger partial charge in [0.15, 0.2) is 0 Å². The summed E-state index contributed by atoms with van der Waals surface area (Å²) in [6, 6.07) is 0.174. The number of rotatable bonds is 6. The fraction of sp³-hybridized carbons (Fsp3) is 0.545. The van der Waals surface area contributed by atoms with Crippen LogP contribution in [-0.2, 0) is 6.42 Å². The first-order chi connectivity index (χ1) is 8.33. The fourth-order valence-electron chi connectivity index (χ4n) is 1.62. The second kappa shape index (κ2) is 5.77. The largest absolute Gasteiger partial charge is 0.350 e. The molecule has 0 spiro atoms. The number of nitrogens with one attached hydrogen (secondary N) is 2. The van der Waals surface area contributed by atoms with Gasteiger partial charge in [-0.1, -0.05) is 13.8 Å². The second-order valence-corrected chi connectivity index (χ2v) is 4.60. The van der Waals surface area contributed by atoms with E-state index in [2.05, 4.69) is 38.5 Å². The van der Waals surface area contributed by atoms with Crippen molar-refractivity contribution in [3.63, 3.8) is 0 Å². The van der Waals surface area contributed by atoms with Crippen LogP contribution in [0.15, 0.2) is 12.4 Å². The molecule has 0 radical (unpaired) electrons. The summed E-state index contributed by atoms with van der Waals surface area (Å²) in [4.78, 5) is 11.8. The van der Waals surface area contributed by atoms with Gasteiger partial charge in [0.25, 0.3) is 0 Å². The van der Waals surface area contributed by atoms with Crippen molar-refractivity contribution in [3.8, 4) is 0 Å². The molecular formula is C11H17N5S. The van der Waals surface area contributed by atoms with Gasteiger partial charge in [0.1, 0.15) is 11.6 Å². The van der Waals surface area contributed by atoms with Crippen molar-refractivity contribution in [1.82, 2.24) is 19.3 Å². The Hall–Kier alpha value is -1.43. The number of H-pyrrole nitrogens is 1. The number of nitrogens with zero attached hydrogens (tertiary/aromatic N) is 3. The average Bonchev–Trinajstić information content (AvgIpc) is 2.97. The predicted octanol–water partition coefficient (Wildman–Crippen LogP) is 2.78. The third-order valence-corrected chi connectivity index (χ3v) is 3.18. The molecule has 0 saturated heterocycles. The van der Waals surface area contributed by atoms with Gasteiger partial charge in [-0.05, 0) is 12.8 Å². The van der Waals surface area contributed by atoms with Crippen molar-refractivity contribution in [2.45, 2.75) is 39.2 Å². The lowest BCUT2D eigenvalue weighted by Gasteiger charge is -2.12. The van der Waals surface area contributed by atoms with Crippen LogP contribution in [0.25, 0.3) is 0 Å². The zero-order chi connectivity index (χ0) is 12.1. The Morgan fingerprint density at radius 3 is 3.00 bits per heavy atom. The lowest BCUT2D eigenvalue weighted by molar-refractivity contribution is 0.702. The summed E-state index contributed by atoms with van der Waals surface area (Å²) in [5.74, 6) is 1.87. The first kappa shape index (κ1) is 12.0. The molecule has 0 aliphatic carbocycles.